The number of hydrogen-bond acceptors (Lipinski definition) is 7. The number of benzene rings is 2. The first-order chi connectivity index (χ1) is 17.1. The van der Waals surface area contributed by atoms with Crippen LogP contribution in [0.3, 0.4) is 0 Å². The molecule has 9 nitrogen and oxygen atoms in total. The van der Waals surface area contributed by atoms with Gasteiger partial charge in [0, 0.05) is 31.4 Å². The number of carbonyl (C=O) groups excluding carboxylic acids is 1. The number of ether oxygens (including phenoxy) is 1. The topological polar surface area (TPSA) is 134 Å². The molecule has 0 radical (unpaired) electrons. The second kappa shape index (κ2) is 13.2. The van der Waals surface area contributed by atoms with Gasteiger partial charge in [-0.05, 0) is 48.6 Å². The Balaban J connectivity index is 1.76. The van der Waals surface area contributed by atoms with Gasteiger partial charge in [0.2, 0.25) is 15.9 Å². The molecule has 1 aliphatic heterocycles. The number of nitrogen functional groups attached to an aromatic ring is 1. The van der Waals surface area contributed by atoms with Crippen LogP contribution in [0.5, 0.6) is 0 Å². The number of nitrogens with two attached hydrogens (primary N) is 1. The van der Waals surface area contributed by atoms with Crippen LogP contribution in [0, 0.1) is 5.92 Å². The van der Waals surface area contributed by atoms with Gasteiger partial charge in [-0.2, -0.15) is 4.31 Å². The van der Waals surface area contributed by atoms with Crippen molar-refractivity contribution >= 4 is 21.6 Å². The lowest BCUT2D eigenvalue weighted by Gasteiger charge is -2.31. The lowest BCUT2D eigenvalue weighted by atomic mass is 10.0. The first kappa shape index (κ1) is 28.1. The van der Waals surface area contributed by atoms with Crippen LogP contribution < -0.4 is 16.4 Å². The highest BCUT2D eigenvalue weighted by atomic mass is 32.2. The molecule has 1 fully saturated rings. The van der Waals surface area contributed by atoms with Gasteiger partial charge < -0.3 is 26.2 Å². The Bertz CT molecular complexity index is 1060. The summed E-state index contributed by atoms with van der Waals surface area (Å²) in [7, 11) is -3.89. The molecule has 5 N–H and O–H groups in total. The van der Waals surface area contributed by atoms with E-state index in [-0.39, 0.29) is 42.4 Å². The third kappa shape index (κ3) is 8.28. The molecule has 1 saturated heterocycles. The fraction of sp³-hybridized carbons (Fsp3) is 0.500. The standard InChI is InChI=1S/C26H38N4O5S/c1-19(2)16-30(36(33,34)23-10-8-21(27)9-11-23)17-25(31)24(14-20-6-4-3-5-7-20)29-26(32)15-28-22-12-13-35-18-22/h3-11,19,22,24-25,28,31H,12-18,27H2,1-2H3,(H,29,32)/t22-,24-,25+/m0/s1. The number of anilines is 1. The normalized spacial score (nSPS) is 17.9. The number of carbonyl (C=O) groups is 1. The van der Waals surface area contributed by atoms with Gasteiger partial charge in [0.05, 0.1) is 30.2 Å². The van der Waals surface area contributed by atoms with Crippen molar-refractivity contribution in [2.75, 3.05) is 38.6 Å². The molecule has 0 spiro atoms. The Hall–Kier alpha value is -2.50. The molecule has 198 valence electrons. The number of amides is 1. The van der Waals surface area contributed by atoms with E-state index >= 15 is 0 Å². The van der Waals surface area contributed by atoms with Gasteiger partial charge in [0.1, 0.15) is 0 Å². The number of nitrogens with one attached hydrogen (secondary N) is 2. The second-order valence-corrected chi connectivity index (χ2v) is 11.6. The van der Waals surface area contributed by atoms with Crippen LogP contribution in [0.25, 0.3) is 0 Å². The van der Waals surface area contributed by atoms with E-state index in [2.05, 4.69) is 10.6 Å². The Labute approximate surface area is 214 Å². The number of nitrogens with zero attached hydrogens (tertiary/aromatic N) is 1. The predicted octanol–water partition coefficient (Wildman–Crippen LogP) is 1.38. The molecule has 1 heterocycles. The van der Waals surface area contributed by atoms with Crippen LogP contribution in [-0.2, 0) is 26.0 Å². The minimum absolute atomic E-state index is 0.0285. The van der Waals surface area contributed by atoms with Gasteiger partial charge in [-0.1, -0.05) is 44.2 Å². The molecule has 0 aliphatic carbocycles. The third-order valence-electron chi connectivity index (χ3n) is 6.07. The molecule has 3 rings (SSSR count). The molecule has 0 unspecified atom stereocenters. The highest BCUT2D eigenvalue weighted by Gasteiger charge is 2.31. The zero-order valence-electron chi connectivity index (χ0n) is 21.0. The van der Waals surface area contributed by atoms with Crippen molar-refractivity contribution in [1.29, 1.82) is 0 Å². The smallest absolute Gasteiger partial charge is 0.243 e. The lowest BCUT2D eigenvalue weighted by Crippen LogP contribution is -2.53. The van der Waals surface area contributed by atoms with E-state index in [1.54, 1.807) is 0 Å². The van der Waals surface area contributed by atoms with Crippen LogP contribution in [0.1, 0.15) is 25.8 Å². The first-order valence-electron chi connectivity index (χ1n) is 12.3. The molecular weight excluding hydrogens is 480 g/mol. The third-order valence-corrected chi connectivity index (χ3v) is 7.91. The van der Waals surface area contributed by atoms with Gasteiger partial charge in [-0.15, -0.1) is 0 Å². The zero-order valence-corrected chi connectivity index (χ0v) is 21.8. The summed E-state index contributed by atoms with van der Waals surface area (Å²) in [5.74, 6) is -0.237. The van der Waals surface area contributed by atoms with Crippen molar-refractivity contribution < 1.29 is 23.1 Å². The minimum Gasteiger partial charge on any atom is -0.399 e. The van der Waals surface area contributed by atoms with Crippen molar-refractivity contribution in [3.8, 4) is 0 Å². The summed E-state index contributed by atoms with van der Waals surface area (Å²) in [5, 5.41) is 17.3. The molecule has 36 heavy (non-hydrogen) atoms. The molecule has 2 aromatic rings. The largest absolute Gasteiger partial charge is 0.399 e. The number of rotatable bonds is 13. The summed E-state index contributed by atoms with van der Waals surface area (Å²) in [6.07, 6.45) is 0.0695. The average molecular weight is 519 g/mol. The zero-order chi connectivity index (χ0) is 26.1. The summed E-state index contributed by atoms with van der Waals surface area (Å²) < 4.78 is 33.5. The summed E-state index contributed by atoms with van der Waals surface area (Å²) >= 11 is 0. The second-order valence-electron chi connectivity index (χ2n) is 9.66. The van der Waals surface area contributed by atoms with Gasteiger partial charge >= 0.3 is 0 Å². The SMILES string of the molecule is CC(C)CN(C[C@@H](O)[C@H](Cc1ccccc1)NC(=O)CN[C@H]1CCOC1)S(=O)(=O)c1ccc(N)cc1. The monoisotopic (exact) mass is 518 g/mol. The molecule has 2 aromatic carbocycles. The average Bonchev–Trinajstić information content (AvgIpc) is 3.36. The van der Waals surface area contributed by atoms with E-state index in [0.29, 0.717) is 25.3 Å². The quantitative estimate of drug-likeness (QED) is 0.294. The summed E-state index contributed by atoms with van der Waals surface area (Å²) in [6, 6.07) is 14.9. The fourth-order valence-electron chi connectivity index (χ4n) is 4.14. The minimum atomic E-state index is -3.89. The van der Waals surface area contributed by atoms with E-state index < -0.39 is 22.2 Å². The molecule has 0 bridgehead atoms. The van der Waals surface area contributed by atoms with E-state index in [1.807, 2.05) is 44.2 Å². The van der Waals surface area contributed by atoms with Crippen LogP contribution in [0.15, 0.2) is 59.5 Å². The maximum Gasteiger partial charge on any atom is 0.243 e. The number of hydrogen-bond donors (Lipinski definition) is 4. The van der Waals surface area contributed by atoms with E-state index in [1.165, 1.54) is 28.6 Å². The Morgan fingerprint density at radius 2 is 1.83 bits per heavy atom. The number of aliphatic hydroxyl groups excluding tert-OH is 1. The molecule has 10 heteroatoms. The van der Waals surface area contributed by atoms with Gasteiger partial charge in [-0.3, -0.25) is 4.79 Å². The summed E-state index contributed by atoms with van der Waals surface area (Å²) in [5.41, 5.74) is 7.12. The fourth-order valence-corrected chi connectivity index (χ4v) is 5.77. The van der Waals surface area contributed by atoms with E-state index in [0.717, 1.165) is 12.0 Å². The molecular formula is C26H38N4O5S. The Morgan fingerprint density at radius 1 is 1.14 bits per heavy atom. The van der Waals surface area contributed by atoms with E-state index in [9.17, 15) is 18.3 Å². The first-order valence-corrected chi connectivity index (χ1v) is 13.8. The molecule has 1 amide bonds. The van der Waals surface area contributed by atoms with E-state index in [4.69, 9.17) is 10.5 Å². The molecule has 3 atom stereocenters. The predicted molar refractivity (Wildman–Crippen MR) is 140 cm³/mol. The molecule has 1 aliphatic rings. The van der Waals surface area contributed by atoms with Crippen LogP contribution >= 0.6 is 0 Å². The van der Waals surface area contributed by atoms with Crippen molar-refractivity contribution in [3.05, 3.63) is 60.2 Å². The van der Waals surface area contributed by atoms with Crippen molar-refractivity contribution in [1.82, 2.24) is 14.9 Å². The van der Waals surface area contributed by atoms with Crippen molar-refractivity contribution in [2.24, 2.45) is 5.92 Å². The maximum atomic E-state index is 13.4. The number of sulfonamides is 1. The van der Waals surface area contributed by atoms with Gasteiger partial charge in [-0.25, -0.2) is 8.42 Å². The Kier molecular flexibility index (Phi) is 10.3. The summed E-state index contributed by atoms with van der Waals surface area (Å²) in [4.78, 5) is 12.9. The summed E-state index contributed by atoms with van der Waals surface area (Å²) in [6.45, 7) is 5.22. The molecule has 0 saturated carbocycles. The van der Waals surface area contributed by atoms with Gasteiger partial charge in [0.25, 0.3) is 0 Å². The maximum absolute atomic E-state index is 13.4. The highest BCUT2D eigenvalue weighted by molar-refractivity contribution is 7.89. The van der Waals surface area contributed by atoms with Crippen LogP contribution in [-0.4, -0.2) is 74.8 Å². The van der Waals surface area contributed by atoms with Crippen molar-refractivity contribution in [2.45, 2.75) is 49.8 Å². The van der Waals surface area contributed by atoms with Crippen molar-refractivity contribution in [3.63, 3.8) is 0 Å². The molecule has 0 aromatic heterocycles. The highest BCUT2D eigenvalue weighted by Crippen LogP contribution is 2.20. The van der Waals surface area contributed by atoms with Crippen LogP contribution in [0.2, 0.25) is 0 Å². The van der Waals surface area contributed by atoms with Crippen LogP contribution in [0.4, 0.5) is 5.69 Å². The Morgan fingerprint density at radius 3 is 2.44 bits per heavy atom. The van der Waals surface area contributed by atoms with Gasteiger partial charge in [0.15, 0.2) is 0 Å². The lowest BCUT2D eigenvalue weighted by molar-refractivity contribution is -0.122. The number of aliphatic hydroxyl groups is 1.